The molecule has 64 valence electrons. The van der Waals surface area contributed by atoms with Gasteiger partial charge in [-0.1, -0.05) is 15.9 Å². The predicted octanol–water partition coefficient (Wildman–Crippen LogP) is -0.270. The first-order valence-electron chi connectivity index (χ1n) is 2.77. The molecule has 0 rings (SSSR count). The summed E-state index contributed by atoms with van der Waals surface area (Å²) in [5.74, 6) is 3.22. The van der Waals surface area contributed by atoms with Gasteiger partial charge in [0.1, 0.15) is 5.33 Å². The average Bonchev–Trinajstić information content (AvgIpc) is 2.02. The number of rotatable bonds is 3. The molecule has 0 aromatic carbocycles. The van der Waals surface area contributed by atoms with Crippen LogP contribution < -0.4 is 5.90 Å². The van der Waals surface area contributed by atoms with Crippen molar-refractivity contribution in [1.82, 2.24) is 0 Å². The third-order valence-corrected chi connectivity index (χ3v) is 1.32. The van der Waals surface area contributed by atoms with Gasteiger partial charge >= 0.3 is 11.9 Å². The first-order valence-corrected chi connectivity index (χ1v) is 3.90. The van der Waals surface area contributed by atoms with Gasteiger partial charge in [-0.15, -0.1) is 0 Å². The minimum absolute atomic E-state index is 0.0369. The highest BCUT2D eigenvalue weighted by molar-refractivity contribution is 9.09. The SMILES string of the molecule is CC(OC(=O)CBr)C(=O)ON. The molecule has 0 aromatic rings. The fourth-order valence-corrected chi connectivity index (χ4v) is 0.505. The van der Waals surface area contributed by atoms with Crippen molar-refractivity contribution < 1.29 is 19.2 Å². The molecule has 0 bridgehead atoms. The smallest absolute Gasteiger partial charge is 0.365 e. The maximum Gasteiger partial charge on any atom is 0.365 e. The Morgan fingerprint density at radius 2 is 2.18 bits per heavy atom. The van der Waals surface area contributed by atoms with Crippen LogP contribution in [0.1, 0.15) is 6.92 Å². The second-order valence-electron chi connectivity index (χ2n) is 1.70. The summed E-state index contributed by atoms with van der Waals surface area (Å²) in [5, 5.41) is 0.0369. The highest BCUT2D eigenvalue weighted by Crippen LogP contribution is 1.95. The molecule has 6 heteroatoms. The van der Waals surface area contributed by atoms with E-state index in [0.29, 0.717) is 0 Å². The van der Waals surface area contributed by atoms with Crippen molar-refractivity contribution in [3.05, 3.63) is 0 Å². The fourth-order valence-electron chi connectivity index (χ4n) is 0.373. The maximum atomic E-state index is 10.5. The van der Waals surface area contributed by atoms with Gasteiger partial charge in [-0.3, -0.25) is 4.79 Å². The van der Waals surface area contributed by atoms with E-state index in [9.17, 15) is 9.59 Å². The zero-order valence-electron chi connectivity index (χ0n) is 5.87. The Morgan fingerprint density at radius 3 is 2.55 bits per heavy atom. The highest BCUT2D eigenvalue weighted by atomic mass is 79.9. The first kappa shape index (κ1) is 10.4. The number of carbonyl (C=O) groups excluding carboxylic acids is 2. The second kappa shape index (κ2) is 5.09. The zero-order valence-corrected chi connectivity index (χ0v) is 7.46. The van der Waals surface area contributed by atoms with E-state index < -0.39 is 18.0 Å². The van der Waals surface area contributed by atoms with Crippen molar-refractivity contribution in [3.8, 4) is 0 Å². The quantitative estimate of drug-likeness (QED) is 0.407. The molecule has 1 unspecified atom stereocenters. The van der Waals surface area contributed by atoms with Crippen LogP contribution in [0.3, 0.4) is 0 Å². The molecule has 5 nitrogen and oxygen atoms in total. The number of nitrogens with two attached hydrogens (primary N) is 1. The Labute approximate surface area is 71.9 Å². The molecule has 1 atom stereocenters. The number of hydrogen-bond acceptors (Lipinski definition) is 5. The molecule has 0 spiro atoms. The summed E-state index contributed by atoms with van der Waals surface area (Å²) in [6.07, 6.45) is -0.954. The van der Waals surface area contributed by atoms with E-state index in [0.717, 1.165) is 0 Å². The van der Waals surface area contributed by atoms with Crippen LogP contribution in [-0.4, -0.2) is 23.4 Å². The Hall–Kier alpha value is -0.620. The van der Waals surface area contributed by atoms with Crippen LogP contribution in [0.4, 0.5) is 0 Å². The summed E-state index contributed by atoms with van der Waals surface area (Å²) in [5.41, 5.74) is 0. The summed E-state index contributed by atoms with van der Waals surface area (Å²) in [7, 11) is 0. The third kappa shape index (κ3) is 3.94. The van der Waals surface area contributed by atoms with Crippen LogP contribution >= 0.6 is 15.9 Å². The van der Waals surface area contributed by atoms with Crippen LogP contribution in [-0.2, 0) is 19.2 Å². The minimum Gasteiger partial charge on any atom is -0.450 e. The standard InChI is InChI=1S/C5H8BrNO4/c1-3(5(9)11-7)10-4(8)2-6/h3H,2,7H2,1H3. The number of alkyl halides is 1. The molecule has 0 saturated carbocycles. The maximum absolute atomic E-state index is 10.5. The number of esters is 1. The fraction of sp³-hybridized carbons (Fsp3) is 0.600. The van der Waals surface area contributed by atoms with Gasteiger partial charge in [0.05, 0.1) is 0 Å². The summed E-state index contributed by atoms with van der Waals surface area (Å²) in [6.45, 7) is 1.37. The highest BCUT2D eigenvalue weighted by Gasteiger charge is 2.17. The molecule has 0 fully saturated rings. The van der Waals surface area contributed by atoms with Crippen molar-refractivity contribution in [2.24, 2.45) is 5.90 Å². The summed E-state index contributed by atoms with van der Waals surface area (Å²) in [4.78, 5) is 24.9. The molecule has 0 aliphatic carbocycles. The van der Waals surface area contributed by atoms with E-state index in [1.807, 2.05) is 0 Å². The summed E-state index contributed by atoms with van der Waals surface area (Å²) >= 11 is 2.86. The topological polar surface area (TPSA) is 78.6 Å². The molecule has 0 amide bonds. The Balaban J connectivity index is 3.77. The first-order chi connectivity index (χ1) is 5.11. The van der Waals surface area contributed by atoms with Crippen LogP contribution in [0, 0.1) is 0 Å². The van der Waals surface area contributed by atoms with Crippen LogP contribution in [0.5, 0.6) is 0 Å². The van der Waals surface area contributed by atoms with E-state index >= 15 is 0 Å². The lowest BCUT2D eigenvalue weighted by molar-refractivity contribution is -0.165. The second-order valence-corrected chi connectivity index (χ2v) is 2.26. The van der Waals surface area contributed by atoms with Gasteiger partial charge in [0, 0.05) is 0 Å². The van der Waals surface area contributed by atoms with Gasteiger partial charge in [-0.05, 0) is 6.92 Å². The monoisotopic (exact) mass is 225 g/mol. The molecule has 0 heterocycles. The number of halogens is 1. The third-order valence-electron chi connectivity index (χ3n) is 0.865. The summed E-state index contributed by atoms with van der Waals surface area (Å²) < 4.78 is 4.51. The molecule has 2 N–H and O–H groups in total. The van der Waals surface area contributed by atoms with E-state index in [-0.39, 0.29) is 5.33 Å². The van der Waals surface area contributed by atoms with E-state index in [4.69, 9.17) is 0 Å². The van der Waals surface area contributed by atoms with E-state index in [1.54, 1.807) is 0 Å². The Bertz CT molecular complexity index is 161. The molecular weight excluding hydrogens is 218 g/mol. The lowest BCUT2D eigenvalue weighted by Crippen LogP contribution is -2.28. The predicted molar refractivity (Wildman–Crippen MR) is 39.6 cm³/mol. The number of ether oxygens (including phenoxy) is 1. The van der Waals surface area contributed by atoms with Gasteiger partial charge in [0.15, 0.2) is 6.10 Å². The molecule has 0 aliphatic rings. The Kier molecular flexibility index (Phi) is 4.80. The Morgan fingerprint density at radius 1 is 1.64 bits per heavy atom. The van der Waals surface area contributed by atoms with Gasteiger partial charge in [-0.25, -0.2) is 4.79 Å². The molecule has 0 radical (unpaired) electrons. The van der Waals surface area contributed by atoms with Gasteiger partial charge < -0.3 is 9.57 Å². The number of hydrogen-bond donors (Lipinski definition) is 1. The molecule has 0 aliphatic heterocycles. The van der Waals surface area contributed by atoms with Crippen LogP contribution in [0.15, 0.2) is 0 Å². The van der Waals surface area contributed by atoms with Crippen LogP contribution in [0.2, 0.25) is 0 Å². The van der Waals surface area contributed by atoms with Crippen molar-refractivity contribution in [2.45, 2.75) is 13.0 Å². The van der Waals surface area contributed by atoms with Crippen molar-refractivity contribution in [3.63, 3.8) is 0 Å². The van der Waals surface area contributed by atoms with Gasteiger partial charge in [-0.2, -0.15) is 5.90 Å². The largest absolute Gasteiger partial charge is 0.450 e. The lowest BCUT2D eigenvalue weighted by atomic mass is 10.4. The number of carbonyl (C=O) groups is 2. The van der Waals surface area contributed by atoms with Crippen molar-refractivity contribution >= 4 is 27.9 Å². The van der Waals surface area contributed by atoms with Crippen molar-refractivity contribution in [1.29, 1.82) is 0 Å². The van der Waals surface area contributed by atoms with Gasteiger partial charge in [0.25, 0.3) is 0 Å². The van der Waals surface area contributed by atoms with E-state index in [1.165, 1.54) is 6.92 Å². The molecular formula is C5H8BrNO4. The average molecular weight is 226 g/mol. The van der Waals surface area contributed by atoms with E-state index in [2.05, 4.69) is 31.4 Å². The zero-order chi connectivity index (χ0) is 8.85. The molecule has 11 heavy (non-hydrogen) atoms. The lowest BCUT2D eigenvalue weighted by Gasteiger charge is -2.07. The molecule has 0 aromatic heterocycles. The summed E-state index contributed by atoms with van der Waals surface area (Å²) in [6, 6.07) is 0. The minimum atomic E-state index is -0.954. The molecule has 0 saturated heterocycles. The van der Waals surface area contributed by atoms with Crippen LogP contribution in [0.25, 0.3) is 0 Å². The normalized spacial score (nSPS) is 11.9. The van der Waals surface area contributed by atoms with Gasteiger partial charge in [0.2, 0.25) is 0 Å². The van der Waals surface area contributed by atoms with Crippen molar-refractivity contribution in [2.75, 3.05) is 5.33 Å².